The number of carbonyl (C=O) groups is 2. The van der Waals surface area contributed by atoms with Gasteiger partial charge < -0.3 is 15.7 Å². The van der Waals surface area contributed by atoms with Gasteiger partial charge in [-0.05, 0) is 61.7 Å². The van der Waals surface area contributed by atoms with Crippen molar-refractivity contribution in [3.8, 4) is 11.8 Å². The Kier molecular flexibility index (Phi) is 9.02. The molecule has 5 N–H and O–H groups in total. The molecule has 7 nitrogen and oxygen atoms in total. The minimum absolute atomic E-state index is 0.312. The van der Waals surface area contributed by atoms with Crippen molar-refractivity contribution in [3.63, 3.8) is 0 Å². The van der Waals surface area contributed by atoms with Crippen LogP contribution in [-0.4, -0.2) is 40.3 Å². The number of benzene rings is 2. The maximum absolute atomic E-state index is 12.3. The summed E-state index contributed by atoms with van der Waals surface area (Å²) in [6, 6.07) is 14.2. The molecule has 1 aliphatic rings. The van der Waals surface area contributed by atoms with Crippen LogP contribution in [0, 0.1) is 11.8 Å². The number of amides is 2. The Morgan fingerprint density at radius 3 is 2.09 bits per heavy atom. The zero-order valence-corrected chi connectivity index (χ0v) is 18.8. The van der Waals surface area contributed by atoms with Crippen LogP contribution in [0.1, 0.15) is 66.1 Å². The second-order valence-electron chi connectivity index (χ2n) is 8.41. The van der Waals surface area contributed by atoms with Gasteiger partial charge in [-0.2, -0.15) is 0 Å². The highest BCUT2D eigenvalue weighted by atomic mass is 16.5. The monoisotopic (exact) mass is 449 g/mol. The summed E-state index contributed by atoms with van der Waals surface area (Å²) in [4.78, 5) is 23.9. The van der Waals surface area contributed by atoms with E-state index >= 15 is 0 Å². The van der Waals surface area contributed by atoms with E-state index in [2.05, 4.69) is 34.6 Å². The van der Waals surface area contributed by atoms with E-state index in [1.165, 1.54) is 50.1 Å². The molecule has 0 radical (unpaired) electrons. The molecule has 1 saturated carbocycles. The molecule has 2 amide bonds. The van der Waals surface area contributed by atoms with Gasteiger partial charge >= 0.3 is 0 Å². The zero-order valence-electron chi connectivity index (χ0n) is 18.8. The van der Waals surface area contributed by atoms with E-state index in [1.807, 2.05) is 12.1 Å². The van der Waals surface area contributed by atoms with Crippen LogP contribution in [0.2, 0.25) is 0 Å². The van der Waals surface area contributed by atoms with Crippen molar-refractivity contribution in [3.05, 3.63) is 70.8 Å². The van der Waals surface area contributed by atoms with Crippen LogP contribution in [0.5, 0.6) is 0 Å². The Balaban J connectivity index is 1.55. The molecule has 174 valence electrons. The van der Waals surface area contributed by atoms with E-state index < -0.39 is 24.0 Å². The van der Waals surface area contributed by atoms with Gasteiger partial charge in [-0.1, -0.05) is 43.2 Å². The molecule has 1 aliphatic carbocycles. The van der Waals surface area contributed by atoms with Crippen molar-refractivity contribution in [2.24, 2.45) is 0 Å². The van der Waals surface area contributed by atoms with Crippen LogP contribution in [0.3, 0.4) is 0 Å². The number of rotatable bonds is 7. The van der Waals surface area contributed by atoms with Crippen molar-refractivity contribution in [2.45, 2.75) is 63.8 Å². The quantitative estimate of drug-likeness (QED) is 0.253. The standard InChI is InChI=1S/C26H31N3O4/c1-18(30)24(26(32)29-33)28-25(31)22-15-13-20(14-16-22)8-7-19-9-11-21(12-10-19)17-27-23-5-3-2-4-6-23/h9-16,18,23-24,27,30,33H,2-6,17H2,1H3,(H,28,31)(H,29,32)/t18-,24+/m1/s1. The minimum Gasteiger partial charge on any atom is -0.391 e. The summed E-state index contributed by atoms with van der Waals surface area (Å²) in [5.74, 6) is 4.78. The minimum atomic E-state index is -1.26. The van der Waals surface area contributed by atoms with Gasteiger partial charge in [0.2, 0.25) is 0 Å². The van der Waals surface area contributed by atoms with Gasteiger partial charge in [0.15, 0.2) is 0 Å². The van der Waals surface area contributed by atoms with Crippen molar-refractivity contribution >= 4 is 11.8 Å². The molecule has 0 saturated heterocycles. The Bertz CT molecular complexity index is 985. The zero-order chi connectivity index (χ0) is 23.6. The number of nitrogens with one attached hydrogen (secondary N) is 3. The summed E-state index contributed by atoms with van der Waals surface area (Å²) in [5.41, 5.74) is 4.64. The first-order chi connectivity index (χ1) is 16.0. The highest BCUT2D eigenvalue weighted by molar-refractivity contribution is 5.97. The summed E-state index contributed by atoms with van der Waals surface area (Å²) in [7, 11) is 0. The number of aliphatic hydroxyl groups excluding tert-OH is 1. The molecule has 0 aliphatic heterocycles. The van der Waals surface area contributed by atoms with Gasteiger partial charge in [0.05, 0.1) is 6.10 Å². The summed E-state index contributed by atoms with van der Waals surface area (Å²) in [6.45, 7) is 2.22. The molecular formula is C26H31N3O4. The number of carbonyl (C=O) groups excluding carboxylic acids is 2. The molecule has 2 atom stereocenters. The largest absolute Gasteiger partial charge is 0.391 e. The second kappa shape index (κ2) is 12.2. The fraction of sp³-hybridized carbons (Fsp3) is 0.385. The Hall–Kier alpha value is -3.18. The molecule has 0 unspecified atom stereocenters. The van der Waals surface area contributed by atoms with Crippen LogP contribution in [0.15, 0.2) is 48.5 Å². The molecule has 2 aromatic rings. The van der Waals surface area contributed by atoms with E-state index in [-0.39, 0.29) is 0 Å². The number of aliphatic hydroxyl groups is 1. The van der Waals surface area contributed by atoms with E-state index in [4.69, 9.17) is 5.21 Å². The van der Waals surface area contributed by atoms with Gasteiger partial charge in [0.25, 0.3) is 11.8 Å². The molecule has 0 bridgehead atoms. The van der Waals surface area contributed by atoms with Gasteiger partial charge in [0.1, 0.15) is 6.04 Å². The lowest BCUT2D eigenvalue weighted by Gasteiger charge is -2.22. The van der Waals surface area contributed by atoms with Crippen LogP contribution in [0.4, 0.5) is 0 Å². The first-order valence-corrected chi connectivity index (χ1v) is 11.3. The molecule has 0 heterocycles. The summed E-state index contributed by atoms with van der Waals surface area (Å²) in [5, 5.41) is 24.4. The van der Waals surface area contributed by atoms with E-state index in [0.717, 1.165) is 17.7 Å². The van der Waals surface area contributed by atoms with E-state index in [9.17, 15) is 14.7 Å². The second-order valence-corrected chi connectivity index (χ2v) is 8.41. The fourth-order valence-corrected chi connectivity index (χ4v) is 3.82. The lowest BCUT2D eigenvalue weighted by atomic mass is 9.95. The fourth-order valence-electron chi connectivity index (χ4n) is 3.82. The number of hydroxylamine groups is 1. The van der Waals surface area contributed by atoms with Gasteiger partial charge in [-0.25, -0.2) is 5.48 Å². The summed E-state index contributed by atoms with van der Waals surface area (Å²) < 4.78 is 0. The Morgan fingerprint density at radius 1 is 0.970 bits per heavy atom. The lowest BCUT2D eigenvalue weighted by Crippen LogP contribution is -2.51. The summed E-state index contributed by atoms with van der Waals surface area (Å²) >= 11 is 0. The topological polar surface area (TPSA) is 111 Å². The van der Waals surface area contributed by atoms with Gasteiger partial charge in [0, 0.05) is 29.3 Å². The normalized spacial score (nSPS) is 15.6. The van der Waals surface area contributed by atoms with Crippen LogP contribution in [-0.2, 0) is 11.3 Å². The maximum atomic E-state index is 12.3. The van der Waals surface area contributed by atoms with Crippen molar-refractivity contribution < 1.29 is 19.9 Å². The van der Waals surface area contributed by atoms with Crippen molar-refractivity contribution in [1.29, 1.82) is 0 Å². The predicted octanol–water partition coefficient (Wildman–Crippen LogP) is 2.49. The first-order valence-electron chi connectivity index (χ1n) is 11.3. The smallest absolute Gasteiger partial charge is 0.268 e. The maximum Gasteiger partial charge on any atom is 0.268 e. The van der Waals surface area contributed by atoms with Crippen LogP contribution in [0.25, 0.3) is 0 Å². The van der Waals surface area contributed by atoms with Gasteiger partial charge in [-0.3, -0.25) is 14.8 Å². The number of hydrogen-bond donors (Lipinski definition) is 5. The highest BCUT2D eigenvalue weighted by Gasteiger charge is 2.25. The third kappa shape index (κ3) is 7.43. The molecule has 33 heavy (non-hydrogen) atoms. The molecule has 0 spiro atoms. The first kappa shape index (κ1) is 24.5. The molecule has 7 heteroatoms. The predicted molar refractivity (Wildman–Crippen MR) is 125 cm³/mol. The Morgan fingerprint density at radius 2 is 1.55 bits per heavy atom. The molecule has 0 aromatic heterocycles. The highest BCUT2D eigenvalue weighted by Crippen LogP contribution is 2.18. The SMILES string of the molecule is C[C@@H](O)[C@H](NC(=O)c1ccc(C#Cc2ccc(CNC3CCCCC3)cc2)cc1)C(=O)NO. The Labute approximate surface area is 194 Å². The van der Waals surface area contributed by atoms with E-state index in [0.29, 0.717) is 11.6 Å². The van der Waals surface area contributed by atoms with Crippen molar-refractivity contribution in [2.75, 3.05) is 0 Å². The molecule has 2 aromatic carbocycles. The molecular weight excluding hydrogens is 418 g/mol. The van der Waals surface area contributed by atoms with E-state index in [1.54, 1.807) is 24.3 Å². The van der Waals surface area contributed by atoms with Crippen LogP contribution >= 0.6 is 0 Å². The lowest BCUT2D eigenvalue weighted by molar-refractivity contribution is -0.133. The third-order valence-corrected chi connectivity index (χ3v) is 5.81. The summed E-state index contributed by atoms with van der Waals surface area (Å²) in [6.07, 6.45) is 5.36. The number of hydrogen-bond acceptors (Lipinski definition) is 5. The van der Waals surface area contributed by atoms with Gasteiger partial charge in [-0.15, -0.1) is 0 Å². The average molecular weight is 450 g/mol. The van der Waals surface area contributed by atoms with Crippen molar-refractivity contribution in [1.82, 2.24) is 16.1 Å². The third-order valence-electron chi connectivity index (χ3n) is 5.81. The molecule has 1 fully saturated rings. The van der Waals surface area contributed by atoms with Crippen LogP contribution < -0.4 is 16.1 Å². The average Bonchev–Trinajstić information content (AvgIpc) is 2.85. The molecule has 3 rings (SSSR count).